The maximum atomic E-state index is 12.0. The summed E-state index contributed by atoms with van der Waals surface area (Å²) in [6.07, 6.45) is 4.85. The molecule has 4 aromatic rings. The van der Waals surface area contributed by atoms with E-state index in [1.807, 2.05) is 12.1 Å². The van der Waals surface area contributed by atoms with Crippen LogP contribution in [0.4, 0.5) is 11.5 Å². The minimum absolute atomic E-state index is 0.249. The lowest BCUT2D eigenvalue weighted by molar-refractivity contribution is 0.0924. The molecule has 1 fully saturated rings. The van der Waals surface area contributed by atoms with Gasteiger partial charge in [0.15, 0.2) is 11.4 Å². The largest absolute Gasteiger partial charge is 0.497 e. The molecule has 0 radical (unpaired) electrons. The Bertz CT molecular complexity index is 1210. The van der Waals surface area contributed by atoms with E-state index in [2.05, 4.69) is 42.3 Å². The molecule has 170 valence electrons. The van der Waals surface area contributed by atoms with E-state index in [0.717, 1.165) is 48.8 Å². The van der Waals surface area contributed by atoms with Gasteiger partial charge in [-0.25, -0.2) is 14.6 Å². The van der Waals surface area contributed by atoms with Crippen LogP contribution in [-0.2, 0) is 6.54 Å². The number of hydrogen-bond donors (Lipinski definition) is 1. The van der Waals surface area contributed by atoms with Crippen LogP contribution in [0.1, 0.15) is 10.6 Å². The van der Waals surface area contributed by atoms with Gasteiger partial charge >= 0.3 is 0 Å². The van der Waals surface area contributed by atoms with Crippen molar-refractivity contribution >= 4 is 28.4 Å². The molecule has 10 heteroatoms. The fraction of sp³-hybridized carbons (Fsp3) is 0.304. The second-order valence-electron chi connectivity index (χ2n) is 7.71. The van der Waals surface area contributed by atoms with Crippen molar-refractivity contribution in [2.45, 2.75) is 6.54 Å². The number of aromatic nitrogens is 4. The quantitative estimate of drug-likeness (QED) is 0.460. The Morgan fingerprint density at radius 2 is 1.88 bits per heavy atom. The van der Waals surface area contributed by atoms with Crippen LogP contribution in [0.2, 0.25) is 0 Å². The topological polar surface area (TPSA) is 102 Å². The van der Waals surface area contributed by atoms with E-state index in [1.54, 1.807) is 36.4 Å². The van der Waals surface area contributed by atoms with E-state index in [0.29, 0.717) is 18.8 Å². The third kappa shape index (κ3) is 4.32. The van der Waals surface area contributed by atoms with Crippen LogP contribution in [0.3, 0.4) is 0 Å². The molecule has 33 heavy (non-hydrogen) atoms. The zero-order chi connectivity index (χ0) is 22.6. The summed E-state index contributed by atoms with van der Waals surface area (Å²) in [7, 11) is 1.68. The Morgan fingerprint density at radius 3 is 2.61 bits per heavy atom. The first-order valence-electron chi connectivity index (χ1n) is 10.8. The molecule has 0 saturated carbocycles. The first-order valence-corrected chi connectivity index (χ1v) is 10.8. The van der Waals surface area contributed by atoms with Crippen LogP contribution in [-0.4, -0.2) is 65.5 Å². The van der Waals surface area contributed by atoms with Gasteiger partial charge in [0.2, 0.25) is 0 Å². The van der Waals surface area contributed by atoms with Crippen LogP contribution in [0.5, 0.6) is 5.75 Å². The molecule has 5 rings (SSSR count). The second-order valence-corrected chi connectivity index (χ2v) is 7.71. The van der Waals surface area contributed by atoms with E-state index in [1.165, 1.54) is 12.0 Å². The third-order valence-electron chi connectivity index (χ3n) is 5.78. The molecule has 1 aliphatic heterocycles. The van der Waals surface area contributed by atoms with Crippen molar-refractivity contribution in [1.82, 2.24) is 25.1 Å². The number of benzene rings is 1. The summed E-state index contributed by atoms with van der Waals surface area (Å²) >= 11 is 0. The molecule has 0 bridgehead atoms. The molecule has 0 atom stereocenters. The van der Waals surface area contributed by atoms with Crippen molar-refractivity contribution in [2.75, 3.05) is 49.6 Å². The predicted octanol–water partition coefficient (Wildman–Crippen LogP) is 2.18. The molecular formula is C23H25N7O3. The van der Waals surface area contributed by atoms with Gasteiger partial charge in [-0.05, 0) is 36.4 Å². The lowest BCUT2D eigenvalue weighted by atomic mass is 10.2. The van der Waals surface area contributed by atoms with Crippen molar-refractivity contribution < 1.29 is 13.9 Å². The highest BCUT2D eigenvalue weighted by Gasteiger charge is 2.21. The monoisotopic (exact) mass is 447 g/mol. The average molecular weight is 447 g/mol. The number of carbonyl (C=O) groups excluding carboxylic acids is 1. The smallest absolute Gasteiger partial charge is 0.287 e. The molecule has 1 amide bonds. The highest BCUT2D eigenvalue weighted by Crippen LogP contribution is 2.26. The second kappa shape index (κ2) is 9.19. The van der Waals surface area contributed by atoms with Gasteiger partial charge in [-0.15, -0.1) is 0 Å². The highest BCUT2D eigenvalue weighted by atomic mass is 16.5. The summed E-state index contributed by atoms with van der Waals surface area (Å²) in [4.78, 5) is 25.7. The number of amides is 1. The Labute approximate surface area is 190 Å². The van der Waals surface area contributed by atoms with Crippen molar-refractivity contribution in [3.8, 4) is 5.75 Å². The number of nitrogens with one attached hydrogen (secondary N) is 1. The number of methoxy groups -OCH3 is 1. The molecule has 0 spiro atoms. The van der Waals surface area contributed by atoms with Crippen LogP contribution < -0.4 is 19.9 Å². The molecule has 1 saturated heterocycles. The van der Waals surface area contributed by atoms with Gasteiger partial charge in [0.05, 0.1) is 31.5 Å². The van der Waals surface area contributed by atoms with Crippen molar-refractivity contribution in [3.63, 3.8) is 0 Å². The summed E-state index contributed by atoms with van der Waals surface area (Å²) in [5, 5.41) is 8.22. The Kier molecular flexibility index (Phi) is 5.79. The number of ether oxygens (including phenoxy) is 1. The Morgan fingerprint density at radius 1 is 1.09 bits per heavy atom. The Hall–Kier alpha value is -4.08. The predicted molar refractivity (Wildman–Crippen MR) is 124 cm³/mol. The van der Waals surface area contributed by atoms with Gasteiger partial charge in [0.25, 0.3) is 5.91 Å². The molecule has 0 aliphatic carbocycles. The van der Waals surface area contributed by atoms with Crippen LogP contribution >= 0.6 is 0 Å². The summed E-state index contributed by atoms with van der Waals surface area (Å²) in [5.41, 5.74) is 1.94. The number of rotatable bonds is 7. The molecule has 1 aromatic carbocycles. The van der Waals surface area contributed by atoms with Crippen LogP contribution in [0.25, 0.3) is 11.0 Å². The molecule has 0 unspecified atom stereocenters. The van der Waals surface area contributed by atoms with E-state index < -0.39 is 0 Å². The molecular weight excluding hydrogens is 422 g/mol. The van der Waals surface area contributed by atoms with E-state index in [9.17, 15) is 4.79 Å². The normalized spacial score (nSPS) is 14.0. The van der Waals surface area contributed by atoms with Gasteiger partial charge in [0.1, 0.15) is 17.9 Å². The number of nitrogens with zero attached hydrogens (tertiary/aromatic N) is 6. The first kappa shape index (κ1) is 20.8. The van der Waals surface area contributed by atoms with Gasteiger partial charge in [-0.2, -0.15) is 5.10 Å². The van der Waals surface area contributed by atoms with Gasteiger partial charge in [-0.1, -0.05) is 0 Å². The summed E-state index contributed by atoms with van der Waals surface area (Å²) in [6, 6.07) is 11.5. The SMILES string of the molecule is COc1ccc(N2CCN(c3ncnc4c3cnn4CCNC(=O)c3ccco3)CC2)cc1. The summed E-state index contributed by atoms with van der Waals surface area (Å²) in [6.45, 7) is 4.40. The number of anilines is 2. The third-order valence-corrected chi connectivity index (χ3v) is 5.78. The zero-order valence-corrected chi connectivity index (χ0v) is 18.3. The molecule has 1 aliphatic rings. The average Bonchev–Trinajstić information content (AvgIpc) is 3.55. The minimum Gasteiger partial charge on any atom is -0.497 e. The van der Waals surface area contributed by atoms with E-state index in [-0.39, 0.29) is 5.91 Å². The number of fused-ring (bicyclic) bond motifs is 1. The molecule has 1 N–H and O–H groups in total. The number of piperazine rings is 1. The highest BCUT2D eigenvalue weighted by molar-refractivity contribution is 5.91. The van der Waals surface area contributed by atoms with Crippen LogP contribution in [0.15, 0.2) is 59.6 Å². The fourth-order valence-corrected chi connectivity index (χ4v) is 4.04. The minimum atomic E-state index is -0.249. The van der Waals surface area contributed by atoms with Crippen molar-refractivity contribution in [3.05, 3.63) is 60.9 Å². The molecule has 4 heterocycles. The van der Waals surface area contributed by atoms with Gasteiger partial charge in [0, 0.05) is 38.4 Å². The molecule has 10 nitrogen and oxygen atoms in total. The zero-order valence-electron chi connectivity index (χ0n) is 18.3. The standard InChI is InChI=1S/C23H25N7O3/c1-32-18-6-4-17(5-7-18)28-10-12-29(13-11-28)21-19-15-27-30(22(19)26-16-25-21)9-8-24-23(31)20-3-2-14-33-20/h2-7,14-16H,8-13H2,1H3,(H,24,31). The summed E-state index contributed by atoms with van der Waals surface area (Å²) in [5.74, 6) is 1.79. The fourth-order valence-electron chi connectivity index (χ4n) is 4.04. The first-order chi connectivity index (χ1) is 16.2. The van der Waals surface area contributed by atoms with Crippen molar-refractivity contribution in [1.29, 1.82) is 0 Å². The van der Waals surface area contributed by atoms with Crippen molar-refractivity contribution in [2.24, 2.45) is 0 Å². The summed E-state index contributed by atoms with van der Waals surface area (Å²) < 4.78 is 12.2. The lowest BCUT2D eigenvalue weighted by Crippen LogP contribution is -2.46. The number of hydrogen-bond acceptors (Lipinski definition) is 8. The Balaban J connectivity index is 1.23. The van der Waals surface area contributed by atoms with E-state index in [4.69, 9.17) is 9.15 Å². The molecule has 3 aromatic heterocycles. The van der Waals surface area contributed by atoms with Gasteiger partial charge < -0.3 is 24.3 Å². The number of furan rings is 1. The van der Waals surface area contributed by atoms with E-state index >= 15 is 0 Å². The lowest BCUT2D eigenvalue weighted by Gasteiger charge is -2.36. The number of carbonyl (C=O) groups is 1. The van der Waals surface area contributed by atoms with Gasteiger partial charge in [-0.3, -0.25) is 4.79 Å². The van der Waals surface area contributed by atoms with Crippen LogP contribution in [0, 0.1) is 0 Å². The maximum Gasteiger partial charge on any atom is 0.287 e. The maximum absolute atomic E-state index is 12.0.